The summed E-state index contributed by atoms with van der Waals surface area (Å²) in [5.41, 5.74) is 0.854. The number of pyridine rings is 1. The van der Waals surface area contributed by atoms with Gasteiger partial charge in [0.2, 0.25) is 0 Å². The lowest BCUT2D eigenvalue weighted by Crippen LogP contribution is -2.16. The van der Waals surface area contributed by atoms with Crippen molar-refractivity contribution in [2.75, 3.05) is 0 Å². The average molecular weight is 228 g/mol. The third kappa shape index (κ3) is 3.51. The Balaban J connectivity index is 2.74. The van der Waals surface area contributed by atoms with E-state index < -0.39 is 5.97 Å². The predicted octanol–water partition coefficient (Wildman–Crippen LogP) is 2.78. The third-order valence-electron chi connectivity index (χ3n) is 2.31. The highest BCUT2D eigenvalue weighted by Crippen LogP contribution is 2.20. The molecule has 0 radical (unpaired) electrons. The van der Waals surface area contributed by atoms with Crippen LogP contribution in [-0.4, -0.2) is 16.1 Å². The van der Waals surface area contributed by atoms with E-state index in [1.165, 1.54) is 0 Å². The predicted molar refractivity (Wildman–Crippen MR) is 59.0 cm³/mol. The zero-order valence-electron chi connectivity index (χ0n) is 8.61. The Morgan fingerprint density at radius 3 is 2.93 bits per heavy atom. The fourth-order valence-electron chi connectivity index (χ4n) is 1.50. The van der Waals surface area contributed by atoms with Crippen LogP contribution in [0.1, 0.15) is 25.3 Å². The molecule has 1 aromatic rings. The Hall–Kier alpha value is -1.09. The molecule has 1 aromatic heterocycles. The molecule has 3 nitrogen and oxygen atoms in total. The first-order chi connectivity index (χ1) is 7.15. The summed E-state index contributed by atoms with van der Waals surface area (Å²) in [6, 6.07) is 1.77. The number of carboxylic acids is 1. The summed E-state index contributed by atoms with van der Waals surface area (Å²) in [6.45, 7) is 1.98. The SMILES string of the molecule is CCCC(Cc1ccncc1Cl)C(=O)O. The lowest BCUT2D eigenvalue weighted by atomic mass is 9.96. The number of hydrogen-bond donors (Lipinski definition) is 1. The summed E-state index contributed by atoms with van der Waals surface area (Å²) < 4.78 is 0. The second-order valence-electron chi connectivity index (χ2n) is 3.50. The van der Waals surface area contributed by atoms with Crippen LogP contribution in [0.15, 0.2) is 18.5 Å². The van der Waals surface area contributed by atoms with Gasteiger partial charge >= 0.3 is 5.97 Å². The van der Waals surface area contributed by atoms with Crippen molar-refractivity contribution in [1.29, 1.82) is 0 Å². The lowest BCUT2D eigenvalue weighted by molar-refractivity contribution is -0.141. The molecule has 0 bridgehead atoms. The molecule has 15 heavy (non-hydrogen) atoms. The van der Waals surface area contributed by atoms with E-state index in [4.69, 9.17) is 16.7 Å². The first-order valence-electron chi connectivity index (χ1n) is 4.96. The van der Waals surface area contributed by atoms with Gasteiger partial charge in [-0.1, -0.05) is 24.9 Å². The van der Waals surface area contributed by atoms with E-state index in [1.54, 1.807) is 18.5 Å². The zero-order chi connectivity index (χ0) is 11.3. The third-order valence-corrected chi connectivity index (χ3v) is 2.65. The molecule has 1 unspecified atom stereocenters. The van der Waals surface area contributed by atoms with Crippen LogP contribution in [0, 0.1) is 5.92 Å². The minimum atomic E-state index is -0.760. The van der Waals surface area contributed by atoms with Crippen LogP contribution < -0.4 is 0 Å². The molecule has 1 N–H and O–H groups in total. The van der Waals surface area contributed by atoms with Crippen molar-refractivity contribution in [1.82, 2.24) is 4.98 Å². The maximum absolute atomic E-state index is 10.9. The van der Waals surface area contributed by atoms with Crippen molar-refractivity contribution in [3.05, 3.63) is 29.0 Å². The molecule has 0 saturated heterocycles. The second kappa shape index (κ2) is 5.71. The summed E-state index contributed by atoms with van der Waals surface area (Å²) in [5.74, 6) is -1.11. The van der Waals surface area contributed by atoms with Crippen LogP contribution >= 0.6 is 11.6 Å². The number of carboxylic acid groups (broad SMARTS) is 1. The van der Waals surface area contributed by atoms with E-state index in [2.05, 4.69) is 4.98 Å². The topological polar surface area (TPSA) is 50.2 Å². The van der Waals surface area contributed by atoms with Gasteiger partial charge in [0.25, 0.3) is 0 Å². The van der Waals surface area contributed by atoms with E-state index in [0.717, 1.165) is 12.0 Å². The summed E-state index contributed by atoms with van der Waals surface area (Å²) in [5, 5.41) is 9.54. The molecule has 82 valence electrons. The molecule has 0 spiro atoms. The van der Waals surface area contributed by atoms with Crippen molar-refractivity contribution < 1.29 is 9.90 Å². The van der Waals surface area contributed by atoms with Gasteiger partial charge in [0.05, 0.1) is 10.9 Å². The minimum Gasteiger partial charge on any atom is -0.481 e. The molecule has 0 fully saturated rings. The van der Waals surface area contributed by atoms with Crippen LogP contribution in [0.3, 0.4) is 0 Å². The minimum absolute atomic E-state index is 0.352. The Kier molecular flexibility index (Phi) is 4.56. The largest absolute Gasteiger partial charge is 0.481 e. The number of aliphatic carboxylic acids is 1. The summed E-state index contributed by atoms with van der Waals surface area (Å²) in [6.07, 6.45) is 5.19. The Morgan fingerprint density at radius 2 is 2.40 bits per heavy atom. The maximum Gasteiger partial charge on any atom is 0.306 e. The van der Waals surface area contributed by atoms with Gasteiger partial charge in [0.15, 0.2) is 0 Å². The Morgan fingerprint density at radius 1 is 1.67 bits per heavy atom. The highest BCUT2D eigenvalue weighted by molar-refractivity contribution is 6.31. The fraction of sp³-hybridized carbons (Fsp3) is 0.455. The van der Waals surface area contributed by atoms with Gasteiger partial charge in [-0.3, -0.25) is 9.78 Å². The monoisotopic (exact) mass is 227 g/mol. The average Bonchev–Trinajstić information content (AvgIpc) is 2.20. The van der Waals surface area contributed by atoms with Crippen molar-refractivity contribution >= 4 is 17.6 Å². The standard InChI is InChI=1S/C11H14ClNO2/c1-2-3-9(11(14)15)6-8-4-5-13-7-10(8)12/h4-5,7,9H,2-3,6H2,1H3,(H,14,15). The van der Waals surface area contributed by atoms with Gasteiger partial charge in [0, 0.05) is 12.4 Å². The van der Waals surface area contributed by atoms with Crippen LogP contribution in [0.4, 0.5) is 0 Å². The first kappa shape index (κ1) is 12.0. The van der Waals surface area contributed by atoms with Crippen LogP contribution in [0.5, 0.6) is 0 Å². The number of halogens is 1. The molecule has 0 aliphatic heterocycles. The number of nitrogens with zero attached hydrogens (tertiary/aromatic N) is 1. The van der Waals surface area contributed by atoms with Gasteiger partial charge in [-0.05, 0) is 24.5 Å². The van der Waals surface area contributed by atoms with Gasteiger partial charge in [-0.15, -0.1) is 0 Å². The molecule has 0 aromatic carbocycles. The quantitative estimate of drug-likeness (QED) is 0.842. The smallest absolute Gasteiger partial charge is 0.306 e. The van der Waals surface area contributed by atoms with Gasteiger partial charge in [-0.25, -0.2) is 0 Å². The zero-order valence-corrected chi connectivity index (χ0v) is 9.37. The highest BCUT2D eigenvalue weighted by Gasteiger charge is 2.17. The highest BCUT2D eigenvalue weighted by atomic mass is 35.5. The van der Waals surface area contributed by atoms with Gasteiger partial charge < -0.3 is 5.11 Å². The molecule has 0 aliphatic rings. The van der Waals surface area contributed by atoms with Crippen molar-refractivity contribution in [2.45, 2.75) is 26.2 Å². The maximum atomic E-state index is 10.9. The van der Waals surface area contributed by atoms with Gasteiger partial charge in [-0.2, -0.15) is 0 Å². The van der Waals surface area contributed by atoms with Crippen molar-refractivity contribution in [3.63, 3.8) is 0 Å². The van der Waals surface area contributed by atoms with Crippen molar-refractivity contribution in [2.24, 2.45) is 5.92 Å². The summed E-state index contributed by atoms with van der Waals surface area (Å²) in [7, 11) is 0. The molecule has 4 heteroatoms. The number of rotatable bonds is 5. The lowest BCUT2D eigenvalue weighted by Gasteiger charge is -2.11. The van der Waals surface area contributed by atoms with Gasteiger partial charge in [0.1, 0.15) is 0 Å². The van der Waals surface area contributed by atoms with Crippen LogP contribution in [0.25, 0.3) is 0 Å². The molecular formula is C11H14ClNO2. The molecule has 1 atom stereocenters. The van der Waals surface area contributed by atoms with Crippen LogP contribution in [-0.2, 0) is 11.2 Å². The van der Waals surface area contributed by atoms with E-state index in [9.17, 15) is 4.79 Å². The molecule has 0 amide bonds. The normalized spacial score (nSPS) is 12.4. The molecule has 0 aliphatic carbocycles. The summed E-state index contributed by atoms with van der Waals surface area (Å²) >= 11 is 5.92. The first-order valence-corrected chi connectivity index (χ1v) is 5.34. The number of carbonyl (C=O) groups is 1. The molecule has 1 heterocycles. The van der Waals surface area contributed by atoms with E-state index >= 15 is 0 Å². The Labute approximate surface area is 94.1 Å². The summed E-state index contributed by atoms with van der Waals surface area (Å²) in [4.78, 5) is 14.8. The van der Waals surface area contributed by atoms with E-state index in [-0.39, 0.29) is 5.92 Å². The fourth-order valence-corrected chi connectivity index (χ4v) is 1.69. The number of hydrogen-bond acceptors (Lipinski definition) is 2. The van der Waals surface area contributed by atoms with Crippen LogP contribution in [0.2, 0.25) is 5.02 Å². The van der Waals surface area contributed by atoms with Crippen molar-refractivity contribution in [3.8, 4) is 0 Å². The van der Waals surface area contributed by atoms with E-state index in [1.807, 2.05) is 6.92 Å². The molecular weight excluding hydrogens is 214 g/mol. The second-order valence-corrected chi connectivity index (χ2v) is 3.90. The Bertz CT molecular complexity index is 341. The number of aromatic nitrogens is 1. The molecule has 1 rings (SSSR count). The molecule has 0 saturated carbocycles. The van der Waals surface area contributed by atoms with E-state index in [0.29, 0.717) is 17.9 Å².